The van der Waals surface area contributed by atoms with E-state index in [2.05, 4.69) is 20.6 Å². The molecule has 3 N–H and O–H groups in total. The maximum Gasteiger partial charge on any atom is 0.328 e. The Morgan fingerprint density at radius 2 is 1.91 bits per heavy atom. The summed E-state index contributed by atoms with van der Waals surface area (Å²) in [6, 6.07) is 4.77. The summed E-state index contributed by atoms with van der Waals surface area (Å²) in [4.78, 5) is 28.7. The molecule has 0 aliphatic heterocycles. The van der Waals surface area contributed by atoms with Crippen LogP contribution < -0.4 is 11.1 Å². The summed E-state index contributed by atoms with van der Waals surface area (Å²) in [5.41, 5.74) is 7.53. The monoisotopic (exact) mass is 526 g/mol. The van der Waals surface area contributed by atoms with E-state index in [4.69, 9.17) is 33.7 Å². The lowest BCUT2D eigenvalue weighted by molar-refractivity contribution is -0.154. The Morgan fingerprint density at radius 3 is 2.57 bits per heavy atom. The van der Waals surface area contributed by atoms with E-state index in [-0.39, 0.29) is 19.6 Å². The van der Waals surface area contributed by atoms with Crippen LogP contribution in [0.4, 0.5) is 14.5 Å². The molecule has 1 unspecified atom stereocenters. The Kier molecular flexibility index (Phi) is 8.57. The van der Waals surface area contributed by atoms with E-state index in [0.29, 0.717) is 32.6 Å². The smallest absolute Gasteiger partial charge is 0.328 e. The predicted octanol–water partition coefficient (Wildman–Crippen LogP) is 3.55. The second-order valence-electron chi connectivity index (χ2n) is 7.59. The molecule has 0 bridgehead atoms. The Labute approximate surface area is 209 Å². The molecule has 0 fully saturated rings. The van der Waals surface area contributed by atoms with Crippen LogP contribution in [0, 0.1) is 0 Å². The van der Waals surface area contributed by atoms with Gasteiger partial charge >= 0.3 is 11.9 Å². The molecule has 0 radical (unpaired) electrons. The first-order valence-electron chi connectivity index (χ1n) is 10.5. The van der Waals surface area contributed by atoms with Crippen LogP contribution in [0.3, 0.4) is 0 Å². The summed E-state index contributed by atoms with van der Waals surface area (Å²) in [6.45, 7) is 1.26. The molecule has 9 nitrogen and oxygen atoms in total. The van der Waals surface area contributed by atoms with E-state index in [1.165, 1.54) is 41.5 Å². The van der Waals surface area contributed by atoms with Gasteiger partial charge in [0.1, 0.15) is 11.7 Å². The maximum atomic E-state index is 14.7. The molecule has 2 aromatic heterocycles. The number of aromatic nitrogens is 4. The van der Waals surface area contributed by atoms with Crippen molar-refractivity contribution in [2.45, 2.75) is 38.3 Å². The normalized spacial score (nSPS) is 12.3. The number of ether oxygens (including phenoxy) is 1. The second-order valence-corrected chi connectivity index (χ2v) is 8.46. The Morgan fingerprint density at radius 1 is 1.20 bits per heavy atom. The van der Waals surface area contributed by atoms with Crippen LogP contribution in [0.1, 0.15) is 18.9 Å². The highest BCUT2D eigenvalue weighted by atomic mass is 35.5. The first-order chi connectivity index (χ1) is 16.6. The standard InChI is InChI=1S/C22H22Cl2F2N6O3/c1-2-35-20(33)18(7-13-5-15(23)9-16(24)6-13)29-21(34)22(25,26)3-4-32-12-19(30-31-32)14-8-17(27)11-28-10-14/h5-6,8-12,18H,2-4,7,27H2,1H3,(H,29,34). The van der Waals surface area contributed by atoms with E-state index in [0.717, 1.165) is 0 Å². The Bertz CT molecular complexity index is 1190. The minimum absolute atomic E-state index is 0.00904. The average molecular weight is 527 g/mol. The highest BCUT2D eigenvalue weighted by molar-refractivity contribution is 6.34. The van der Waals surface area contributed by atoms with Crippen molar-refractivity contribution in [3.63, 3.8) is 0 Å². The molecule has 3 aromatic rings. The van der Waals surface area contributed by atoms with E-state index >= 15 is 0 Å². The number of benzene rings is 1. The molecule has 13 heteroatoms. The van der Waals surface area contributed by atoms with Gasteiger partial charge in [-0.25, -0.2) is 4.79 Å². The van der Waals surface area contributed by atoms with Crippen LogP contribution in [-0.4, -0.2) is 50.4 Å². The molecule has 0 spiro atoms. The lowest BCUT2D eigenvalue weighted by Crippen LogP contribution is -2.50. The summed E-state index contributed by atoms with van der Waals surface area (Å²) in [5, 5.41) is 10.4. The van der Waals surface area contributed by atoms with Crippen molar-refractivity contribution in [3.05, 3.63) is 58.5 Å². The van der Waals surface area contributed by atoms with Crippen molar-refractivity contribution in [1.29, 1.82) is 0 Å². The largest absolute Gasteiger partial charge is 0.464 e. The number of alkyl halides is 2. The first kappa shape index (κ1) is 26.3. The van der Waals surface area contributed by atoms with Crippen molar-refractivity contribution in [1.82, 2.24) is 25.3 Å². The third-order valence-electron chi connectivity index (χ3n) is 4.82. The van der Waals surface area contributed by atoms with E-state index < -0.39 is 30.3 Å². The molecule has 35 heavy (non-hydrogen) atoms. The molecule has 1 aromatic carbocycles. The van der Waals surface area contributed by atoms with Gasteiger partial charge in [-0.05, 0) is 36.8 Å². The summed E-state index contributed by atoms with van der Waals surface area (Å²) in [7, 11) is 0. The number of carbonyl (C=O) groups excluding carboxylic acids is 2. The number of esters is 1. The van der Waals surface area contributed by atoms with Crippen LogP contribution in [0.25, 0.3) is 11.3 Å². The van der Waals surface area contributed by atoms with E-state index in [9.17, 15) is 18.4 Å². The van der Waals surface area contributed by atoms with Gasteiger partial charge in [-0.15, -0.1) is 5.10 Å². The maximum absolute atomic E-state index is 14.7. The van der Waals surface area contributed by atoms with Crippen LogP contribution >= 0.6 is 23.2 Å². The molecular weight excluding hydrogens is 505 g/mol. The van der Waals surface area contributed by atoms with Crippen molar-refractivity contribution in [2.24, 2.45) is 0 Å². The SMILES string of the molecule is CCOC(=O)C(Cc1cc(Cl)cc(Cl)c1)NC(=O)C(F)(F)CCn1cc(-c2cncc(N)c2)nn1. The third-order valence-corrected chi connectivity index (χ3v) is 5.26. The molecule has 186 valence electrons. The fourth-order valence-corrected chi connectivity index (χ4v) is 3.74. The van der Waals surface area contributed by atoms with Gasteiger partial charge in [0.15, 0.2) is 0 Å². The number of hydrogen-bond acceptors (Lipinski definition) is 7. The topological polar surface area (TPSA) is 125 Å². The number of nitrogens with two attached hydrogens (primary N) is 1. The summed E-state index contributed by atoms with van der Waals surface area (Å²) in [6.07, 6.45) is 3.39. The summed E-state index contributed by atoms with van der Waals surface area (Å²) < 4.78 is 35.4. The van der Waals surface area contributed by atoms with Crippen molar-refractivity contribution >= 4 is 40.8 Å². The van der Waals surface area contributed by atoms with Gasteiger partial charge in [0.2, 0.25) is 0 Å². The number of amides is 1. The molecule has 2 heterocycles. The summed E-state index contributed by atoms with van der Waals surface area (Å²) in [5.74, 6) is -6.28. The van der Waals surface area contributed by atoms with Crippen molar-refractivity contribution < 1.29 is 23.1 Å². The molecule has 1 atom stereocenters. The predicted molar refractivity (Wildman–Crippen MR) is 126 cm³/mol. The number of aryl methyl sites for hydroxylation is 1. The van der Waals surface area contributed by atoms with Gasteiger partial charge < -0.3 is 15.8 Å². The second kappa shape index (κ2) is 11.4. The van der Waals surface area contributed by atoms with Gasteiger partial charge in [-0.2, -0.15) is 8.78 Å². The van der Waals surface area contributed by atoms with Crippen LogP contribution in [-0.2, 0) is 27.3 Å². The van der Waals surface area contributed by atoms with Gasteiger partial charge in [0, 0.05) is 47.4 Å². The van der Waals surface area contributed by atoms with Gasteiger partial charge in [0.05, 0.1) is 18.5 Å². The van der Waals surface area contributed by atoms with Crippen molar-refractivity contribution in [3.8, 4) is 11.3 Å². The van der Waals surface area contributed by atoms with Gasteiger partial charge in [0.25, 0.3) is 5.91 Å². The zero-order chi connectivity index (χ0) is 25.6. The van der Waals surface area contributed by atoms with E-state index in [1.807, 2.05) is 0 Å². The lowest BCUT2D eigenvalue weighted by atomic mass is 10.1. The minimum atomic E-state index is -3.80. The summed E-state index contributed by atoms with van der Waals surface area (Å²) >= 11 is 11.9. The fourth-order valence-electron chi connectivity index (χ4n) is 3.17. The zero-order valence-corrected chi connectivity index (χ0v) is 20.1. The molecule has 0 saturated heterocycles. The molecule has 1 amide bonds. The first-order valence-corrected chi connectivity index (χ1v) is 11.2. The number of nitrogens with zero attached hydrogens (tertiary/aromatic N) is 4. The Hall–Kier alpha value is -3.31. The molecule has 3 rings (SSSR count). The molecule has 0 aliphatic carbocycles. The number of rotatable bonds is 10. The number of nitrogen functional groups attached to an aromatic ring is 1. The number of anilines is 1. The number of halogens is 4. The Balaban J connectivity index is 1.66. The number of hydrogen-bond donors (Lipinski definition) is 2. The third kappa shape index (κ3) is 7.33. The van der Waals surface area contributed by atoms with Crippen LogP contribution in [0.2, 0.25) is 10.0 Å². The number of pyridine rings is 1. The van der Waals surface area contributed by atoms with E-state index in [1.54, 1.807) is 13.0 Å². The number of nitrogens with one attached hydrogen (secondary N) is 1. The quantitative estimate of drug-likeness (QED) is 0.387. The molecule has 0 saturated carbocycles. The average Bonchev–Trinajstić information content (AvgIpc) is 3.26. The van der Waals surface area contributed by atoms with Crippen LogP contribution in [0.15, 0.2) is 42.9 Å². The minimum Gasteiger partial charge on any atom is -0.464 e. The van der Waals surface area contributed by atoms with Crippen LogP contribution in [0.5, 0.6) is 0 Å². The molecular formula is C22H22Cl2F2N6O3. The lowest BCUT2D eigenvalue weighted by Gasteiger charge is -2.21. The van der Waals surface area contributed by atoms with Crippen molar-refractivity contribution in [2.75, 3.05) is 12.3 Å². The highest BCUT2D eigenvalue weighted by Gasteiger charge is 2.40. The highest BCUT2D eigenvalue weighted by Crippen LogP contribution is 2.23. The van der Waals surface area contributed by atoms with Gasteiger partial charge in [-0.3, -0.25) is 14.5 Å². The fraction of sp³-hybridized carbons (Fsp3) is 0.318. The molecule has 0 aliphatic rings. The number of carbonyl (C=O) groups is 2. The zero-order valence-electron chi connectivity index (χ0n) is 18.6. The van der Waals surface area contributed by atoms with Gasteiger partial charge in [-0.1, -0.05) is 28.4 Å².